The first kappa shape index (κ1) is 22.1. The molecule has 0 amide bonds. The van der Waals surface area contributed by atoms with Crippen molar-refractivity contribution in [3.8, 4) is 0 Å². The van der Waals surface area contributed by atoms with E-state index < -0.39 is 7.92 Å². The van der Waals surface area contributed by atoms with Gasteiger partial charge in [-0.15, -0.1) is 0 Å². The van der Waals surface area contributed by atoms with Gasteiger partial charge in [0.05, 0.1) is 0 Å². The first-order chi connectivity index (χ1) is 15.4. The molecule has 1 nitrogen and oxygen atoms in total. The molecule has 0 aliphatic heterocycles. The van der Waals surface area contributed by atoms with E-state index in [1.807, 2.05) is 0 Å². The third kappa shape index (κ3) is 5.78. The van der Waals surface area contributed by atoms with Crippen molar-refractivity contribution in [2.24, 2.45) is 0 Å². The first-order valence-electron chi connectivity index (χ1n) is 12.2. The van der Waals surface area contributed by atoms with Crippen molar-refractivity contribution in [3.63, 3.8) is 0 Å². The predicted octanol–water partition coefficient (Wildman–Crippen LogP) is 6.92. The molecule has 3 aromatic rings. The van der Waals surface area contributed by atoms with Crippen molar-refractivity contribution in [2.75, 3.05) is 5.32 Å². The van der Waals surface area contributed by atoms with Crippen LogP contribution in [0, 0.1) is 0 Å². The van der Waals surface area contributed by atoms with Crippen LogP contribution in [-0.2, 0) is 6.42 Å². The zero-order chi connectivity index (χ0) is 21.3. The van der Waals surface area contributed by atoms with Gasteiger partial charge < -0.3 is 5.32 Å². The molecule has 1 aliphatic carbocycles. The van der Waals surface area contributed by atoms with E-state index >= 15 is 0 Å². The third-order valence-electron chi connectivity index (χ3n) is 6.40. The third-order valence-corrected chi connectivity index (χ3v) is 8.89. The highest BCUT2D eigenvalue weighted by molar-refractivity contribution is 7.80. The minimum absolute atomic E-state index is 0.591. The van der Waals surface area contributed by atoms with Crippen LogP contribution in [0.3, 0.4) is 0 Å². The summed E-state index contributed by atoms with van der Waals surface area (Å²) in [6.07, 6.45) is 11.7. The van der Waals surface area contributed by atoms with E-state index in [0.29, 0.717) is 6.04 Å². The highest BCUT2D eigenvalue weighted by Crippen LogP contribution is 2.38. The maximum Gasteiger partial charge on any atom is 0.0459 e. The van der Waals surface area contributed by atoms with Crippen LogP contribution in [0.5, 0.6) is 0 Å². The average Bonchev–Trinajstić information content (AvgIpc) is 2.83. The monoisotopic (exact) mass is 429 g/mol. The van der Waals surface area contributed by atoms with Crippen LogP contribution in [0.15, 0.2) is 78.9 Å². The second-order valence-corrected chi connectivity index (χ2v) is 10.9. The van der Waals surface area contributed by atoms with Crippen molar-refractivity contribution in [1.82, 2.24) is 0 Å². The van der Waals surface area contributed by atoms with Gasteiger partial charge in [0.15, 0.2) is 0 Å². The highest BCUT2D eigenvalue weighted by atomic mass is 31.1. The maximum absolute atomic E-state index is 4.08. The summed E-state index contributed by atoms with van der Waals surface area (Å²) >= 11 is 0. The van der Waals surface area contributed by atoms with Gasteiger partial charge in [0.2, 0.25) is 0 Å². The van der Waals surface area contributed by atoms with Crippen molar-refractivity contribution in [2.45, 2.75) is 70.8 Å². The number of para-hydroxylation sites is 1. The molecule has 0 heterocycles. The normalized spacial score (nSPS) is 14.6. The molecule has 1 fully saturated rings. The number of hydrogen-bond acceptors (Lipinski definition) is 1. The fourth-order valence-electron chi connectivity index (χ4n) is 4.75. The number of benzene rings is 3. The van der Waals surface area contributed by atoms with Gasteiger partial charge in [-0.25, -0.2) is 0 Å². The molecular weight excluding hydrogens is 393 g/mol. The van der Waals surface area contributed by atoms with Crippen molar-refractivity contribution in [1.29, 1.82) is 0 Å². The maximum atomic E-state index is 4.08. The second kappa shape index (κ2) is 11.5. The van der Waals surface area contributed by atoms with Crippen molar-refractivity contribution >= 4 is 29.5 Å². The Labute approximate surface area is 190 Å². The summed E-state index contributed by atoms with van der Waals surface area (Å²) in [6, 6.07) is 29.9. The summed E-state index contributed by atoms with van der Waals surface area (Å²) in [7, 11) is -0.591. The van der Waals surface area contributed by atoms with E-state index in [9.17, 15) is 0 Å². The fraction of sp³-hybridized carbons (Fsp3) is 0.379. The summed E-state index contributed by atoms with van der Waals surface area (Å²) < 4.78 is 0. The SMILES string of the molecule is CCCCCc1cccc(P(c2ccccc2)c2ccccc2)c1NC1CCCCC1. The smallest absolute Gasteiger partial charge is 0.0459 e. The molecule has 1 aliphatic rings. The van der Waals surface area contributed by atoms with Gasteiger partial charge in [0.1, 0.15) is 0 Å². The zero-order valence-corrected chi connectivity index (χ0v) is 19.8. The molecule has 1 N–H and O–H groups in total. The molecule has 0 spiro atoms. The summed E-state index contributed by atoms with van der Waals surface area (Å²) in [5.74, 6) is 0. The number of nitrogens with one attached hydrogen (secondary N) is 1. The molecule has 2 heteroatoms. The van der Waals surface area contributed by atoms with Crippen LogP contribution in [0.1, 0.15) is 63.9 Å². The summed E-state index contributed by atoms with van der Waals surface area (Å²) in [5, 5.41) is 8.44. The lowest BCUT2D eigenvalue weighted by Gasteiger charge is -2.30. The van der Waals surface area contributed by atoms with E-state index in [0.717, 1.165) is 0 Å². The Bertz CT molecular complexity index is 876. The minimum atomic E-state index is -0.591. The van der Waals surface area contributed by atoms with Gasteiger partial charge in [0, 0.05) is 17.0 Å². The Kier molecular flexibility index (Phi) is 8.19. The topological polar surface area (TPSA) is 12.0 Å². The van der Waals surface area contributed by atoms with E-state index in [1.54, 1.807) is 0 Å². The number of aryl methyl sites for hydroxylation is 1. The van der Waals surface area contributed by atoms with E-state index in [-0.39, 0.29) is 0 Å². The Balaban J connectivity index is 1.78. The zero-order valence-electron chi connectivity index (χ0n) is 18.9. The minimum Gasteiger partial charge on any atom is -0.382 e. The standard InChI is InChI=1S/C29H36NP/c1-2-3-7-15-24-16-14-23-28(29(24)30-25-17-8-4-9-18-25)31(26-19-10-5-11-20-26)27-21-12-6-13-22-27/h5-6,10-14,16,19-23,25,30H,2-4,7-9,15,17-18H2,1H3. The van der Waals surface area contributed by atoms with E-state index in [2.05, 4.69) is 91.1 Å². The highest BCUT2D eigenvalue weighted by Gasteiger charge is 2.23. The molecule has 4 rings (SSSR count). The van der Waals surface area contributed by atoms with Crippen LogP contribution < -0.4 is 21.2 Å². The molecular formula is C29H36NP. The lowest BCUT2D eigenvalue weighted by atomic mass is 9.94. The quantitative estimate of drug-likeness (QED) is 0.287. The molecule has 162 valence electrons. The van der Waals surface area contributed by atoms with Crippen molar-refractivity contribution < 1.29 is 0 Å². The Morgan fingerprint density at radius 2 is 1.39 bits per heavy atom. The van der Waals surface area contributed by atoms with E-state index in [4.69, 9.17) is 0 Å². The van der Waals surface area contributed by atoms with Gasteiger partial charge in [-0.2, -0.15) is 0 Å². The molecule has 0 aromatic heterocycles. The fourth-order valence-corrected chi connectivity index (χ4v) is 7.21. The molecule has 1 saturated carbocycles. The Morgan fingerprint density at radius 1 is 0.742 bits per heavy atom. The van der Waals surface area contributed by atoms with Gasteiger partial charge in [-0.1, -0.05) is 118 Å². The van der Waals surface area contributed by atoms with E-state index in [1.165, 1.54) is 85.0 Å². The lowest BCUT2D eigenvalue weighted by molar-refractivity contribution is 0.462. The number of hydrogen-bond donors (Lipinski definition) is 1. The molecule has 0 radical (unpaired) electrons. The summed E-state index contributed by atoms with van der Waals surface area (Å²) in [5.41, 5.74) is 2.94. The lowest BCUT2D eigenvalue weighted by Crippen LogP contribution is -2.29. The van der Waals surface area contributed by atoms with Gasteiger partial charge in [-0.3, -0.25) is 0 Å². The average molecular weight is 430 g/mol. The van der Waals surface area contributed by atoms with Crippen LogP contribution in [0.2, 0.25) is 0 Å². The number of unbranched alkanes of at least 4 members (excludes halogenated alkanes) is 2. The Morgan fingerprint density at radius 3 is 2.00 bits per heavy atom. The largest absolute Gasteiger partial charge is 0.382 e. The van der Waals surface area contributed by atoms with Crippen LogP contribution >= 0.6 is 7.92 Å². The molecule has 31 heavy (non-hydrogen) atoms. The van der Waals surface area contributed by atoms with Gasteiger partial charge >= 0.3 is 0 Å². The van der Waals surface area contributed by atoms with Gasteiger partial charge in [0.25, 0.3) is 0 Å². The van der Waals surface area contributed by atoms with Crippen LogP contribution in [0.4, 0.5) is 5.69 Å². The van der Waals surface area contributed by atoms with Crippen LogP contribution in [-0.4, -0.2) is 6.04 Å². The second-order valence-electron chi connectivity index (χ2n) is 8.75. The summed E-state index contributed by atoms with van der Waals surface area (Å²) in [6.45, 7) is 2.29. The summed E-state index contributed by atoms with van der Waals surface area (Å²) in [4.78, 5) is 0. The number of anilines is 1. The molecule has 0 unspecified atom stereocenters. The first-order valence-corrected chi connectivity index (χ1v) is 13.5. The van der Waals surface area contributed by atoms with Gasteiger partial charge in [-0.05, 0) is 49.8 Å². The number of rotatable bonds is 9. The molecule has 0 atom stereocenters. The molecule has 0 saturated heterocycles. The van der Waals surface area contributed by atoms with Crippen molar-refractivity contribution in [3.05, 3.63) is 84.4 Å². The molecule has 0 bridgehead atoms. The predicted molar refractivity (Wildman–Crippen MR) is 139 cm³/mol. The van der Waals surface area contributed by atoms with Crippen LogP contribution in [0.25, 0.3) is 0 Å². The molecule has 3 aromatic carbocycles. The Hall–Kier alpha value is -2.11.